The summed E-state index contributed by atoms with van der Waals surface area (Å²) in [5.74, 6) is -2.07. The van der Waals surface area contributed by atoms with Crippen LogP contribution in [0.3, 0.4) is 0 Å². The number of benzene rings is 1. The molecule has 0 saturated carbocycles. The van der Waals surface area contributed by atoms with Gasteiger partial charge in [-0.3, -0.25) is 0 Å². The standard InChI is InChI=1S/C12H10F4O3/c1-2-18-11(17)6-3-8-7-9(4-5-10(8)13)19-12(14,15)16/h3-7H,2H2,1H3. The lowest BCUT2D eigenvalue weighted by molar-refractivity contribution is -0.274. The molecule has 0 aliphatic heterocycles. The van der Waals surface area contributed by atoms with Crippen LogP contribution in [0.4, 0.5) is 17.6 Å². The van der Waals surface area contributed by atoms with Crippen molar-refractivity contribution in [3.8, 4) is 5.75 Å². The molecule has 1 aromatic carbocycles. The van der Waals surface area contributed by atoms with Gasteiger partial charge in [0.1, 0.15) is 11.6 Å². The number of hydrogen-bond acceptors (Lipinski definition) is 3. The highest BCUT2D eigenvalue weighted by molar-refractivity contribution is 5.87. The van der Waals surface area contributed by atoms with Crippen molar-refractivity contribution >= 4 is 12.0 Å². The smallest absolute Gasteiger partial charge is 0.463 e. The van der Waals surface area contributed by atoms with Crippen molar-refractivity contribution < 1.29 is 31.8 Å². The van der Waals surface area contributed by atoms with Crippen molar-refractivity contribution in [2.24, 2.45) is 0 Å². The van der Waals surface area contributed by atoms with E-state index in [0.717, 1.165) is 30.4 Å². The zero-order chi connectivity index (χ0) is 14.5. The largest absolute Gasteiger partial charge is 0.573 e. The van der Waals surface area contributed by atoms with Gasteiger partial charge in [0.25, 0.3) is 0 Å². The minimum absolute atomic E-state index is 0.142. The molecule has 0 aliphatic carbocycles. The summed E-state index contributed by atoms with van der Waals surface area (Å²) in [5.41, 5.74) is -0.213. The van der Waals surface area contributed by atoms with E-state index in [2.05, 4.69) is 9.47 Å². The van der Waals surface area contributed by atoms with E-state index in [0.29, 0.717) is 0 Å². The topological polar surface area (TPSA) is 35.5 Å². The first-order valence-electron chi connectivity index (χ1n) is 5.22. The van der Waals surface area contributed by atoms with Gasteiger partial charge in [-0.15, -0.1) is 13.2 Å². The quantitative estimate of drug-likeness (QED) is 0.481. The van der Waals surface area contributed by atoms with Crippen molar-refractivity contribution in [2.45, 2.75) is 13.3 Å². The molecule has 0 fully saturated rings. The molecule has 0 N–H and O–H groups in total. The normalized spacial score (nSPS) is 11.6. The lowest BCUT2D eigenvalue weighted by Gasteiger charge is -2.09. The van der Waals surface area contributed by atoms with Crippen LogP contribution in [-0.4, -0.2) is 18.9 Å². The molecule has 0 bridgehead atoms. The van der Waals surface area contributed by atoms with Crippen LogP contribution in [0, 0.1) is 5.82 Å². The molecule has 3 nitrogen and oxygen atoms in total. The molecule has 0 unspecified atom stereocenters. The fourth-order valence-electron chi connectivity index (χ4n) is 1.19. The van der Waals surface area contributed by atoms with Gasteiger partial charge in [0, 0.05) is 11.6 Å². The lowest BCUT2D eigenvalue weighted by atomic mass is 10.2. The molecule has 1 rings (SSSR count). The van der Waals surface area contributed by atoms with Crippen molar-refractivity contribution in [3.63, 3.8) is 0 Å². The van der Waals surface area contributed by atoms with E-state index in [1.54, 1.807) is 6.92 Å². The SMILES string of the molecule is CCOC(=O)C=Cc1cc(OC(F)(F)F)ccc1F. The molecule has 0 atom stereocenters. The molecule has 0 saturated heterocycles. The second-order valence-electron chi connectivity index (χ2n) is 3.32. The summed E-state index contributed by atoms with van der Waals surface area (Å²) >= 11 is 0. The second kappa shape index (κ2) is 6.21. The molecule has 0 radical (unpaired) electrons. The van der Waals surface area contributed by atoms with Crippen LogP contribution >= 0.6 is 0 Å². The molecule has 0 heterocycles. The number of halogens is 4. The molecule has 104 valence electrons. The van der Waals surface area contributed by atoms with Crippen molar-refractivity contribution in [1.82, 2.24) is 0 Å². The van der Waals surface area contributed by atoms with Crippen LogP contribution in [0.1, 0.15) is 12.5 Å². The zero-order valence-corrected chi connectivity index (χ0v) is 9.83. The highest BCUT2D eigenvalue weighted by atomic mass is 19.4. The maximum Gasteiger partial charge on any atom is 0.573 e. The summed E-state index contributed by atoms with van der Waals surface area (Å²) in [6, 6.07) is 2.48. The molecule has 0 amide bonds. The van der Waals surface area contributed by atoms with Gasteiger partial charge in [-0.25, -0.2) is 9.18 Å². The van der Waals surface area contributed by atoms with Gasteiger partial charge >= 0.3 is 12.3 Å². The Hall–Kier alpha value is -2.05. The van der Waals surface area contributed by atoms with Crippen LogP contribution in [0.15, 0.2) is 24.3 Å². The maximum absolute atomic E-state index is 13.3. The molecular formula is C12H10F4O3. The Morgan fingerprint density at radius 2 is 2.05 bits per heavy atom. The summed E-state index contributed by atoms with van der Waals surface area (Å²) in [7, 11) is 0. The molecule has 19 heavy (non-hydrogen) atoms. The molecule has 1 aromatic rings. The fourth-order valence-corrected chi connectivity index (χ4v) is 1.19. The highest BCUT2D eigenvalue weighted by Crippen LogP contribution is 2.25. The van der Waals surface area contributed by atoms with Gasteiger partial charge in [-0.05, 0) is 31.2 Å². The number of alkyl halides is 3. The summed E-state index contributed by atoms with van der Waals surface area (Å²) in [5, 5.41) is 0. The predicted octanol–water partition coefficient (Wildman–Crippen LogP) is 3.30. The average molecular weight is 278 g/mol. The first kappa shape index (κ1) is 15.0. The molecule has 0 aliphatic rings. The molecule has 0 spiro atoms. The number of hydrogen-bond donors (Lipinski definition) is 0. The predicted molar refractivity (Wildman–Crippen MR) is 58.8 cm³/mol. The number of ether oxygens (including phenoxy) is 2. The third-order valence-electron chi connectivity index (χ3n) is 1.89. The van der Waals surface area contributed by atoms with E-state index in [9.17, 15) is 22.4 Å². The monoisotopic (exact) mass is 278 g/mol. The zero-order valence-electron chi connectivity index (χ0n) is 9.83. The average Bonchev–Trinajstić information content (AvgIpc) is 2.28. The minimum Gasteiger partial charge on any atom is -0.463 e. The summed E-state index contributed by atoms with van der Waals surface area (Å²) in [4.78, 5) is 11.0. The number of carbonyl (C=O) groups is 1. The van der Waals surface area contributed by atoms with E-state index in [1.165, 1.54) is 0 Å². The Morgan fingerprint density at radius 3 is 2.63 bits per heavy atom. The first-order chi connectivity index (χ1) is 8.81. The van der Waals surface area contributed by atoms with Crippen molar-refractivity contribution in [1.29, 1.82) is 0 Å². The third kappa shape index (κ3) is 5.41. The van der Waals surface area contributed by atoms with E-state index >= 15 is 0 Å². The number of esters is 1. The van der Waals surface area contributed by atoms with Crippen LogP contribution < -0.4 is 4.74 Å². The Balaban J connectivity index is 2.88. The van der Waals surface area contributed by atoms with E-state index < -0.39 is 23.9 Å². The molecular weight excluding hydrogens is 268 g/mol. The van der Waals surface area contributed by atoms with Crippen molar-refractivity contribution in [2.75, 3.05) is 6.61 Å². The van der Waals surface area contributed by atoms with Crippen LogP contribution in [0.25, 0.3) is 6.08 Å². The maximum atomic E-state index is 13.3. The summed E-state index contributed by atoms with van der Waals surface area (Å²) < 4.78 is 57.4. The third-order valence-corrected chi connectivity index (χ3v) is 1.89. The Bertz CT molecular complexity index is 480. The van der Waals surface area contributed by atoms with Gasteiger partial charge in [0.15, 0.2) is 0 Å². The highest BCUT2D eigenvalue weighted by Gasteiger charge is 2.31. The molecule has 7 heteroatoms. The van der Waals surface area contributed by atoms with Crippen LogP contribution in [0.2, 0.25) is 0 Å². The van der Waals surface area contributed by atoms with Crippen LogP contribution in [-0.2, 0) is 9.53 Å². The number of carbonyl (C=O) groups excluding carboxylic acids is 1. The second-order valence-corrected chi connectivity index (χ2v) is 3.32. The van der Waals surface area contributed by atoms with Gasteiger partial charge in [-0.2, -0.15) is 0 Å². The lowest BCUT2D eigenvalue weighted by Crippen LogP contribution is -2.17. The van der Waals surface area contributed by atoms with Gasteiger partial charge in [0.2, 0.25) is 0 Å². The summed E-state index contributed by atoms with van der Waals surface area (Å²) in [6.07, 6.45) is -2.93. The van der Waals surface area contributed by atoms with Crippen molar-refractivity contribution in [3.05, 3.63) is 35.7 Å². The van der Waals surface area contributed by atoms with E-state index in [-0.39, 0.29) is 12.2 Å². The summed E-state index contributed by atoms with van der Waals surface area (Å²) in [6.45, 7) is 1.73. The van der Waals surface area contributed by atoms with Gasteiger partial charge < -0.3 is 9.47 Å². The Kier molecular flexibility index (Phi) is 4.91. The first-order valence-corrected chi connectivity index (χ1v) is 5.22. The Labute approximate surface area is 106 Å². The van der Waals surface area contributed by atoms with Crippen LogP contribution in [0.5, 0.6) is 5.75 Å². The van der Waals surface area contributed by atoms with Gasteiger partial charge in [0.05, 0.1) is 6.61 Å². The Morgan fingerprint density at radius 1 is 1.37 bits per heavy atom. The molecule has 0 aromatic heterocycles. The fraction of sp³-hybridized carbons (Fsp3) is 0.250. The number of rotatable bonds is 4. The minimum atomic E-state index is -4.86. The van der Waals surface area contributed by atoms with E-state index in [4.69, 9.17) is 0 Å². The van der Waals surface area contributed by atoms with E-state index in [1.807, 2.05) is 0 Å². The van der Waals surface area contributed by atoms with Gasteiger partial charge in [-0.1, -0.05) is 0 Å².